The average Bonchev–Trinajstić information content (AvgIpc) is 2.78. The Balaban J connectivity index is 2.13. The highest BCUT2D eigenvalue weighted by molar-refractivity contribution is 5.27. The van der Waals surface area contributed by atoms with E-state index in [0.717, 1.165) is 23.7 Å². The van der Waals surface area contributed by atoms with Gasteiger partial charge in [-0.3, -0.25) is 0 Å². The molecule has 0 radical (unpaired) electrons. The van der Waals surface area contributed by atoms with Crippen molar-refractivity contribution in [3.8, 4) is 11.6 Å². The van der Waals surface area contributed by atoms with Crippen LogP contribution in [0.5, 0.6) is 5.75 Å². The van der Waals surface area contributed by atoms with Crippen LogP contribution in [0.2, 0.25) is 0 Å². The average molecular weight is 246 g/mol. The Bertz CT molecular complexity index is 490. The third-order valence-corrected chi connectivity index (χ3v) is 2.36. The summed E-state index contributed by atoms with van der Waals surface area (Å²) < 4.78 is 7.27. The summed E-state index contributed by atoms with van der Waals surface area (Å²) in [6, 6.07) is 3.97. The van der Waals surface area contributed by atoms with E-state index in [4.69, 9.17) is 4.74 Å². The Labute approximate surface area is 107 Å². The Hall–Kier alpha value is -1.88. The van der Waals surface area contributed by atoms with Crippen LogP contribution in [0.4, 0.5) is 0 Å². The van der Waals surface area contributed by atoms with Gasteiger partial charge in [-0.25, -0.2) is 9.67 Å². The fourth-order valence-corrected chi connectivity index (χ4v) is 1.63. The lowest BCUT2D eigenvalue weighted by Gasteiger charge is -2.05. The Morgan fingerprint density at radius 2 is 2.17 bits per heavy atom. The van der Waals surface area contributed by atoms with Crippen LogP contribution in [0.1, 0.15) is 19.4 Å². The van der Waals surface area contributed by atoms with E-state index in [0.29, 0.717) is 0 Å². The SMILES string of the molecule is CNCc1ccc(-n2cc(OC(C)C)cn2)nc1. The van der Waals surface area contributed by atoms with Crippen LogP contribution in [0.15, 0.2) is 30.7 Å². The van der Waals surface area contributed by atoms with E-state index < -0.39 is 0 Å². The standard InChI is InChI=1S/C13H18N4O/c1-10(2)18-12-8-16-17(9-12)13-5-4-11(6-14-3)7-15-13/h4-5,7-10,14H,6H2,1-3H3. The number of nitrogens with one attached hydrogen (secondary N) is 1. The van der Waals surface area contributed by atoms with E-state index in [1.165, 1.54) is 0 Å². The molecule has 0 saturated heterocycles. The molecule has 0 unspecified atom stereocenters. The van der Waals surface area contributed by atoms with Crippen molar-refractivity contribution in [2.45, 2.75) is 26.5 Å². The highest BCUT2D eigenvalue weighted by Crippen LogP contribution is 2.13. The second-order valence-corrected chi connectivity index (χ2v) is 4.34. The quantitative estimate of drug-likeness (QED) is 0.873. The van der Waals surface area contributed by atoms with E-state index in [-0.39, 0.29) is 6.10 Å². The van der Waals surface area contributed by atoms with Gasteiger partial charge in [-0.05, 0) is 32.5 Å². The lowest BCUT2D eigenvalue weighted by Crippen LogP contribution is -2.06. The van der Waals surface area contributed by atoms with Crippen LogP contribution < -0.4 is 10.1 Å². The first kappa shape index (κ1) is 12.6. The first-order chi connectivity index (χ1) is 8.69. The van der Waals surface area contributed by atoms with E-state index in [2.05, 4.69) is 15.4 Å². The topological polar surface area (TPSA) is 52.0 Å². The van der Waals surface area contributed by atoms with Gasteiger partial charge in [-0.2, -0.15) is 5.10 Å². The number of rotatable bonds is 5. The number of ether oxygens (including phenoxy) is 1. The molecule has 5 nitrogen and oxygen atoms in total. The number of aromatic nitrogens is 3. The Kier molecular flexibility index (Phi) is 3.94. The lowest BCUT2D eigenvalue weighted by molar-refractivity contribution is 0.242. The Morgan fingerprint density at radius 1 is 1.33 bits per heavy atom. The van der Waals surface area contributed by atoms with Gasteiger partial charge in [0.25, 0.3) is 0 Å². The van der Waals surface area contributed by atoms with E-state index in [9.17, 15) is 0 Å². The van der Waals surface area contributed by atoms with Gasteiger partial charge in [-0.1, -0.05) is 6.07 Å². The first-order valence-electron chi connectivity index (χ1n) is 6.00. The van der Waals surface area contributed by atoms with Crippen molar-refractivity contribution in [1.29, 1.82) is 0 Å². The minimum atomic E-state index is 0.147. The van der Waals surface area contributed by atoms with Crippen molar-refractivity contribution in [1.82, 2.24) is 20.1 Å². The minimum Gasteiger partial charge on any atom is -0.488 e. The molecule has 96 valence electrons. The summed E-state index contributed by atoms with van der Waals surface area (Å²) in [6.07, 6.45) is 5.52. The first-order valence-corrected chi connectivity index (χ1v) is 6.00. The predicted molar refractivity (Wildman–Crippen MR) is 69.9 cm³/mol. The van der Waals surface area contributed by atoms with Gasteiger partial charge >= 0.3 is 0 Å². The summed E-state index contributed by atoms with van der Waals surface area (Å²) in [5, 5.41) is 7.32. The molecule has 2 aromatic rings. The molecule has 0 aliphatic rings. The van der Waals surface area contributed by atoms with Crippen molar-refractivity contribution >= 4 is 0 Å². The van der Waals surface area contributed by atoms with Crippen molar-refractivity contribution < 1.29 is 4.74 Å². The third-order valence-electron chi connectivity index (χ3n) is 2.36. The second-order valence-electron chi connectivity index (χ2n) is 4.34. The maximum atomic E-state index is 5.56. The summed E-state index contributed by atoms with van der Waals surface area (Å²) in [7, 11) is 1.91. The molecule has 2 rings (SSSR count). The molecule has 0 atom stereocenters. The highest BCUT2D eigenvalue weighted by atomic mass is 16.5. The van der Waals surface area contributed by atoms with E-state index >= 15 is 0 Å². The molecule has 1 N–H and O–H groups in total. The van der Waals surface area contributed by atoms with Crippen molar-refractivity contribution in [2.24, 2.45) is 0 Å². The molecule has 0 amide bonds. The van der Waals surface area contributed by atoms with Crippen LogP contribution >= 0.6 is 0 Å². The summed E-state index contributed by atoms with van der Waals surface area (Å²) in [6.45, 7) is 4.79. The van der Waals surface area contributed by atoms with Gasteiger partial charge in [-0.15, -0.1) is 0 Å². The van der Waals surface area contributed by atoms with Crippen molar-refractivity contribution in [2.75, 3.05) is 7.05 Å². The third kappa shape index (κ3) is 3.07. The molecule has 0 spiro atoms. The zero-order valence-electron chi connectivity index (χ0n) is 10.9. The molecule has 2 heterocycles. The molecule has 2 aromatic heterocycles. The predicted octanol–water partition coefficient (Wildman–Crippen LogP) is 1.77. The summed E-state index contributed by atoms with van der Waals surface area (Å²) >= 11 is 0. The molecular weight excluding hydrogens is 228 g/mol. The van der Waals surface area contributed by atoms with Crippen LogP contribution in [0.25, 0.3) is 5.82 Å². The summed E-state index contributed by atoms with van der Waals surface area (Å²) in [4.78, 5) is 4.36. The minimum absolute atomic E-state index is 0.147. The van der Waals surface area contributed by atoms with Gasteiger partial charge in [0, 0.05) is 12.7 Å². The van der Waals surface area contributed by atoms with Crippen LogP contribution in [0.3, 0.4) is 0 Å². The molecule has 0 fully saturated rings. The van der Waals surface area contributed by atoms with Crippen molar-refractivity contribution in [3.05, 3.63) is 36.3 Å². The second kappa shape index (κ2) is 5.64. The van der Waals surface area contributed by atoms with Gasteiger partial charge < -0.3 is 10.1 Å². The molecule has 0 saturated carbocycles. The van der Waals surface area contributed by atoms with Gasteiger partial charge in [0.2, 0.25) is 0 Å². The fraction of sp³-hybridized carbons (Fsp3) is 0.385. The van der Waals surface area contributed by atoms with Gasteiger partial charge in [0.05, 0.1) is 18.5 Å². The smallest absolute Gasteiger partial charge is 0.158 e. The maximum absolute atomic E-state index is 5.56. The lowest BCUT2D eigenvalue weighted by atomic mass is 10.3. The molecule has 18 heavy (non-hydrogen) atoms. The zero-order valence-corrected chi connectivity index (χ0v) is 10.9. The zero-order chi connectivity index (χ0) is 13.0. The fourth-order valence-electron chi connectivity index (χ4n) is 1.63. The molecular formula is C13H18N4O. The maximum Gasteiger partial charge on any atom is 0.158 e. The molecule has 0 aromatic carbocycles. The monoisotopic (exact) mass is 246 g/mol. The van der Waals surface area contributed by atoms with Crippen LogP contribution in [0, 0.1) is 0 Å². The molecule has 0 bridgehead atoms. The number of nitrogens with zero attached hydrogens (tertiary/aromatic N) is 3. The summed E-state index contributed by atoms with van der Waals surface area (Å²) in [5.74, 6) is 1.54. The summed E-state index contributed by atoms with van der Waals surface area (Å²) in [5.41, 5.74) is 1.15. The number of pyridine rings is 1. The van der Waals surface area contributed by atoms with Crippen LogP contribution in [-0.4, -0.2) is 27.9 Å². The number of hydrogen-bond acceptors (Lipinski definition) is 4. The molecule has 0 aliphatic heterocycles. The van der Waals surface area contributed by atoms with Gasteiger partial charge in [0.1, 0.15) is 0 Å². The van der Waals surface area contributed by atoms with E-state index in [1.54, 1.807) is 10.9 Å². The molecule has 5 heteroatoms. The normalized spacial score (nSPS) is 10.9. The highest BCUT2D eigenvalue weighted by Gasteiger charge is 2.04. The number of hydrogen-bond donors (Lipinski definition) is 1. The largest absolute Gasteiger partial charge is 0.488 e. The molecule has 0 aliphatic carbocycles. The van der Waals surface area contributed by atoms with Crippen molar-refractivity contribution in [3.63, 3.8) is 0 Å². The van der Waals surface area contributed by atoms with Gasteiger partial charge in [0.15, 0.2) is 11.6 Å². The van der Waals surface area contributed by atoms with Crippen LogP contribution in [-0.2, 0) is 6.54 Å². The Morgan fingerprint density at radius 3 is 2.78 bits per heavy atom. The van der Waals surface area contributed by atoms with E-state index in [1.807, 2.05) is 45.4 Å².